The summed E-state index contributed by atoms with van der Waals surface area (Å²) in [6, 6.07) is 23.9. The molecule has 0 N–H and O–H groups in total. The molecule has 2 heterocycles. The highest BCUT2D eigenvalue weighted by molar-refractivity contribution is 6.09. The van der Waals surface area contributed by atoms with Crippen LogP contribution in [0.1, 0.15) is 12.0 Å². The monoisotopic (exact) mass is 324 g/mol. The van der Waals surface area contributed by atoms with Gasteiger partial charge < -0.3 is 4.90 Å². The van der Waals surface area contributed by atoms with E-state index < -0.39 is 0 Å². The molecule has 0 atom stereocenters. The predicted octanol–water partition coefficient (Wildman–Crippen LogP) is 5.44. The lowest BCUT2D eigenvalue weighted by molar-refractivity contribution is 0.745. The lowest BCUT2D eigenvalue weighted by Crippen LogP contribution is -2.24. The summed E-state index contributed by atoms with van der Waals surface area (Å²) in [5, 5.41) is 2.45. The number of rotatable bonds is 1. The normalized spacial score (nSPS) is 14.0. The van der Waals surface area contributed by atoms with E-state index in [-0.39, 0.29) is 0 Å². The second-order valence-corrected chi connectivity index (χ2v) is 6.89. The summed E-state index contributed by atoms with van der Waals surface area (Å²) in [7, 11) is 2.19. The van der Waals surface area contributed by atoms with Crippen LogP contribution in [0.15, 0.2) is 66.7 Å². The maximum Gasteiger partial charge on any atom is 0.0715 e. The SMILES string of the molecule is CN1CCCc2cc(-c3c4ccccc4nc4ccccc34)ccc21. The standard InChI is InChI=1S/C23H20N2/c1-25-14-6-7-16-15-17(12-13-22(16)25)23-18-8-2-4-10-20(18)24-21-11-5-3-9-19(21)23/h2-5,8-13,15H,6-7,14H2,1H3. The fraction of sp³-hybridized carbons (Fsp3) is 0.174. The van der Waals surface area contributed by atoms with Gasteiger partial charge in [0.2, 0.25) is 0 Å². The maximum absolute atomic E-state index is 4.86. The van der Waals surface area contributed by atoms with Gasteiger partial charge in [-0.3, -0.25) is 0 Å². The number of para-hydroxylation sites is 2. The zero-order valence-electron chi connectivity index (χ0n) is 14.4. The van der Waals surface area contributed by atoms with Gasteiger partial charge in [0.1, 0.15) is 0 Å². The van der Waals surface area contributed by atoms with E-state index in [1.165, 1.54) is 39.6 Å². The van der Waals surface area contributed by atoms with Gasteiger partial charge in [-0.15, -0.1) is 0 Å². The first kappa shape index (κ1) is 14.5. The van der Waals surface area contributed by atoms with Gasteiger partial charge in [-0.1, -0.05) is 42.5 Å². The lowest BCUT2D eigenvalue weighted by Gasteiger charge is -2.28. The third-order valence-electron chi connectivity index (χ3n) is 5.31. The van der Waals surface area contributed by atoms with Crippen LogP contribution in [-0.4, -0.2) is 18.6 Å². The predicted molar refractivity (Wildman–Crippen MR) is 106 cm³/mol. The van der Waals surface area contributed by atoms with E-state index >= 15 is 0 Å². The molecule has 1 aliphatic rings. The minimum Gasteiger partial charge on any atom is -0.374 e. The van der Waals surface area contributed by atoms with Crippen LogP contribution in [0.25, 0.3) is 32.9 Å². The molecule has 0 radical (unpaired) electrons. The van der Waals surface area contributed by atoms with Crippen molar-refractivity contribution in [1.82, 2.24) is 4.98 Å². The smallest absolute Gasteiger partial charge is 0.0715 e. The summed E-state index contributed by atoms with van der Waals surface area (Å²) in [5.74, 6) is 0. The first-order valence-corrected chi connectivity index (χ1v) is 8.93. The number of nitrogens with zero attached hydrogens (tertiary/aromatic N) is 2. The molecule has 25 heavy (non-hydrogen) atoms. The van der Waals surface area contributed by atoms with Crippen LogP contribution in [0.3, 0.4) is 0 Å². The van der Waals surface area contributed by atoms with Crippen LogP contribution in [0.2, 0.25) is 0 Å². The molecule has 0 aliphatic carbocycles. The Balaban J connectivity index is 1.84. The largest absolute Gasteiger partial charge is 0.374 e. The van der Waals surface area contributed by atoms with E-state index in [9.17, 15) is 0 Å². The van der Waals surface area contributed by atoms with Crippen molar-refractivity contribution in [2.24, 2.45) is 0 Å². The van der Waals surface area contributed by atoms with Gasteiger partial charge in [0, 0.05) is 35.6 Å². The lowest BCUT2D eigenvalue weighted by atomic mass is 9.92. The highest BCUT2D eigenvalue weighted by Crippen LogP contribution is 2.37. The molecule has 3 aromatic carbocycles. The molecular weight excluding hydrogens is 304 g/mol. The molecular formula is C23H20N2. The summed E-state index contributed by atoms with van der Waals surface area (Å²) in [5.41, 5.74) is 7.55. The number of pyridine rings is 1. The summed E-state index contributed by atoms with van der Waals surface area (Å²) in [6.45, 7) is 1.15. The van der Waals surface area contributed by atoms with Gasteiger partial charge in [-0.05, 0) is 48.2 Å². The number of anilines is 1. The minimum atomic E-state index is 1.06. The van der Waals surface area contributed by atoms with Crippen molar-refractivity contribution in [1.29, 1.82) is 0 Å². The third kappa shape index (κ3) is 2.29. The van der Waals surface area contributed by atoms with E-state index in [2.05, 4.69) is 78.7 Å². The Morgan fingerprint density at radius 2 is 1.52 bits per heavy atom. The van der Waals surface area contributed by atoms with Gasteiger partial charge in [-0.25, -0.2) is 4.98 Å². The molecule has 122 valence electrons. The molecule has 0 amide bonds. The van der Waals surface area contributed by atoms with Gasteiger partial charge in [0.25, 0.3) is 0 Å². The number of aryl methyl sites for hydroxylation is 1. The Hall–Kier alpha value is -2.87. The van der Waals surface area contributed by atoms with E-state index in [0.717, 1.165) is 24.0 Å². The minimum absolute atomic E-state index is 1.06. The number of hydrogen-bond acceptors (Lipinski definition) is 2. The second kappa shape index (κ2) is 5.59. The molecule has 2 heteroatoms. The van der Waals surface area contributed by atoms with E-state index in [1.807, 2.05) is 0 Å². The van der Waals surface area contributed by atoms with E-state index in [0.29, 0.717) is 0 Å². The average Bonchev–Trinajstić information content (AvgIpc) is 2.66. The number of benzene rings is 3. The van der Waals surface area contributed by atoms with Crippen molar-refractivity contribution in [3.05, 3.63) is 72.3 Å². The third-order valence-corrected chi connectivity index (χ3v) is 5.31. The average molecular weight is 324 g/mol. The van der Waals surface area contributed by atoms with Crippen LogP contribution < -0.4 is 4.90 Å². The Kier molecular flexibility index (Phi) is 3.24. The van der Waals surface area contributed by atoms with Crippen molar-refractivity contribution in [2.75, 3.05) is 18.5 Å². The van der Waals surface area contributed by atoms with Crippen LogP contribution >= 0.6 is 0 Å². The molecule has 0 saturated carbocycles. The van der Waals surface area contributed by atoms with Gasteiger partial charge >= 0.3 is 0 Å². The molecule has 4 aromatic rings. The molecule has 1 aromatic heterocycles. The summed E-state index contributed by atoms with van der Waals surface area (Å²) >= 11 is 0. The Labute approximate surface area is 147 Å². The summed E-state index contributed by atoms with van der Waals surface area (Å²) in [6.07, 6.45) is 2.39. The molecule has 5 rings (SSSR count). The zero-order valence-corrected chi connectivity index (χ0v) is 14.4. The number of hydrogen-bond donors (Lipinski definition) is 0. The van der Waals surface area contributed by atoms with Gasteiger partial charge in [0.15, 0.2) is 0 Å². The number of aromatic nitrogens is 1. The second-order valence-electron chi connectivity index (χ2n) is 6.89. The molecule has 0 spiro atoms. The molecule has 1 aliphatic heterocycles. The van der Waals surface area contributed by atoms with Gasteiger partial charge in [0.05, 0.1) is 11.0 Å². The Morgan fingerprint density at radius 3 is 2.24 bits per heavy atom. The zero-order chi connectivity index (χ0) is 16.8. The molecule has 2 nitrogen and oxygen atoms in total. The van der Waals surface area contributed by atoms with E-state index in [1.54, 1.807) is 0 Å². The summed E-state index contributed by atoms with van der Waals surface area (Å²) in [4.78, 5) is 7.22. The molecule has 0 unspecified atom stereocenters. The maximum atomic E-state index is 4.86. The fourth-order valence-electron chi connectivity index (χ4n) is 4.09. The quantitative estimate of drug-likeness (QED) is 0.434. The van der Waals surface area contributed by atoms with Crippen molar-refractivity contribution in [2.45, 2.75) is 12.8 Å². The molecule has 0 saturated heterocycles. The van der Waals surface area contributed by atoms with Crippen LogP contribution in [-0.2, 0) is 6.42 Å². The van der Waals surface area contributed by atoms with E-state index in [4.69, 9.17) is 4.98 Å². The van der Waals surface area contributed by atoms with Gasteiger partial charge in [-0.2, -0.15) is 0 Å². The first-order chi connectivity index (χ1) is 12.3. The molecule has 0 bridgehead atoms. The van der Waals surface area contributed by atoms with Crippen LogP contribution in [0, 0.1) is 0 Å². The van der Waals surface area contributed by atoms with Crippen molar-refractivity contribution in [3.8, 4) is 11.1 Å². The Morgan fingerprint density at radius 1 is 0.840 bits per heavy atom. The summed E-state index contributed by atoms with van der Waals surface area (Å²) < 4.78 is 0. The number of fused-ring (bicyclic) bond motifs is 3. The van der Waals surface area contributed by atoms with Crippen LogP contribution in [0.4, 0.5) is 5.69 Å². The topological polar surface area (TPSA) is 16.1 Å². The highest BCUT2D eigenvalue weighted by Gasteiger charge is 2.16. The Bertz CT molecular complexity index is 1040. The van der Waals surface area contributed by atoms with Crippen LogP contribution in [0.5, 0.6) is 0 Å². The molecule has 0 fully saturated rings. The fourth-order valence-corrected chi connectivity index (χ4v) is 4.09. The van der Waals surface area contributed by atoms with Crippen molar-refractivity contribution < 1.29 is 0 Å². The first-order valence-electron chi connectivity index (χ1n) is 8.93. The highest BCUT2D eigenvalue weighted by atomic mass is 15.1. The van der Waals surface area contributed by atoms with Crippen molar-refractivity contribution in [3.63, 3.8) is 0 Å². The van der Waals surface area contributed by atoms with Crippen molar-refractivity contribution >= 4 is 27.5 Å².